The fourth-order valence-corrected chi connectivity index (χ4v) is 5.69. The Morgan fingerprint density at radius 3 is 1.84 bits per heavy atom. The van der Waals surface area contributed by atoms with Crippen LogP contribution in [-0.2, 0) is 37.5 Å². The van der Waals surface area contributed by atoms with Crippen LogP contribution in [0.3, 0.4) is 0 Å². The molecule has 4 atom stereocenters. The van der Waals surface area contributed by atoms with E-state index in [1.807, 2.05) is 61.6 Å². The molecule has 0 bridgehead atoms. The van der Waals surface area contributed by atoms with Crippen LogP contribution in [0.2, 0.25) is 0 Å². The fourth-order valence-electron chi connectivity index (χ4n) is 4.91. The van der Waals surface area contributed by atoms with Crippen LogP contribution in [0, 0.1) is 0 Å². The van der Waals surface area contributed by atoms with Gasteiger partial charge in [0.1, 0.15) is 12.6 Å². The van der Waals surface area contributed by atoms with Crippen molar-refractivity contribution >= 4 is 25.7 Å². The third kappa shape index (κ3) is 37.9. The van der Waals surface area contributed by atoms with Gasteiger partial charge in [-0.3, -0.25) is 23.4 Å². The van der Waals surface area contributed by atoms with Crippen LogP contribution in [0.15, 0.2) is 85.1 Å². The van der Waals surface area contributed by atoms with Crippen LogP contribution in [0.1, 0.15) is 136 Å². The number of allylic oxidation sites excluding steroid dienone is 12. The van der Waals surface area contributed by atoms with Crippen molar-refractivity contribution in [2.24, 2.45) is 5.73 Å². The molecule has 0 fully saturated rings. The van der Waals surface area contributed by atoms with E-state index in [9.17, 15) is 28.9 Å². The average Bonchev–Trinajstić information content (AvgIpc) is 3.18. The Hall–Kier alpha value is -3.38. The standard InChI is InChI=1S/C44H72NO11P/c1-3-5-7-8-9-10-11-12-13-14-18-21-24-27-30-34-42(47)53-36-40(37-54-57(51,52)55-38-41(45)44(49)50)56-43(48)35-31-28-25-22-19-16-15-17-20-23-26-29-33-39(46)32-6-4-2/h6,9-10,12-13,15-16,20,22-23,25-26,29,32,39-41,46H,3-5,7-8,11,14,17-19,21,24,27-28,30-31,33-38,45H2,1-2H3,(H,49,50)(H,51,52)/b10-9-,13-12-,16-15-,23-20-,25-22-,29-26+,32-6-/t39?,40-,41+/m1/s1. The van der Waals surface area contributed by atoms with Crippen molar-refractivity contribution in [1.82, 2.24) is 0 Å². The van der Waals surface area contributed by atoms with Crippen molar-refractivity contribution in [3.05, 3.63) is 85.1 Å². The molecule has 0 rings (SSSR count). The average molecular weight is 822 g/mol. The van der Waals surface area contributed by atoms with Gasteiger partial charge in [0.25, 0.3) is 0 Å². The molecular formula is C44H72NO11P. The molecule has 0 aliphatic carbocycles. The Morgan fingerprint density at radius 2 is 1.19 bits per heavy atom. The van der Waals surface area contributed by atoms with E-state index in [1.54, 1.807) is 6.08 Å². The van der Waals surface area contributed by atoms with Gasteiger partial charge in [0.05, 0.1) is 19.3 Å². The predicted molar refractivity (Wildman–Crippen MR) is 227 cm³/mol. The Morgan fingerprint density at radius 1 is 0.649 bits per heavy atom. The molecule has 0 aliphatic heterocycles. The van der Waals surface area contributed by atoms with E-state index < -0.39 is 63.8 Å². The van der Waals surface area contributed by atoms with Crippen LogP contribution in [0.5, 0.6) is 0 Å². The number of carbonyl (C=O) groups is 3. The first-order valence-corrected chi connectivity index (χ1v) is 22.2. The van der Waals surface area contributed by atoms with Gasteiger partial charge in [0.2, 0.25) is 0 Å². The Balaban J connectivity index is 4.57. The van der Waals surface area contributed by atoms with Crippen molar-refractivity contribution in [2.45, 2.75) is 154 Å². The maximum absolute atomic E-state index is 12.6. The molecule has 0 radical (unpaired) electrons. The third-order valence-electron chi connectivity index (χ3n) is 8.20. The molecule has 2 unspecified atom stereocenters. The highest BCUT2D eigenvalue weighted by Crippen LogP contribution is 2.43. The largest absolute Gasteiger partial charge is 0.480 e. The summed E-state index contributed by atoms with van der Waals surface area (Å²) >= 11 is 0. The lowest BCUT2D eigenvalue weighted by Crippen LogP contribution is -2.34. The number of hydrogen-bond donors (Lipinski definition) is 4. The van der Waals surface area contributed by atoms with Crippen LogP contribution in [0.25, 0.3) is 0 Å². The minimum absolute atomic E-state index is 0.0571. The number of aliphatic hydroxyl groups is 1. The molecule has 57 heavy (non-hydrogen) atoms. The van der Waals surface area contributed by atoms with Gasteiger partial charge in [-0.25, -0.2) is 4.57 Å². The summed E-state index contributed by atoms with van der Waals surface area (Å²) in [7, 11) is -4.75. The maximum atomic E-state index is 12.6. The lowest BCUT2D eigenvalue weighted by molar-refractivity contribution is -0.161. The summed E-state index contributed by atoms with van der Waals surface area (Å²) in [5, 5.41) is 18.6. The number of ether oxygens (including phenoxy) is 2. The molecule has 5 N–H and O–H groups in total. The molecule has 0 aromatic heterocycles. The number of rotatable bonds is 37. The molecule has 0 aliphatic rings. The number of esters is 2. The van der Waals surface area contributed by atoms with Crippen LogP contribution >= 0.6 is 7.82 Å². The zero-order valence-electron chi connectivity index (χ0n) is 34.5. The minimum atomic E-state index is -4.75. The summed E-state index contributed by atoms with van der Waals surface area (Å²) < 4.78 is 32.5. The highest BCUT2D eigenvalue weighted by atomic mass is 31.2. The molecule has 0 aromatic carbocycles. The van der Waals surface area contributed by atoms with Gasteiger partial charge in [0, 0.05) is 12.8 Å². The number of hydrogen-bond acceptors (Lipinski definition) is 10. The summed E-state index contributed by atoms with van der Waals surface area (Å²) in [6, 6.07) is -1.54. The van der Waals surface area contributed by atoms with Crippen LogP contribution in [0.4, 0.5) is 0 Å². The van der Waals surface area contributed by atoms with E-state index in [2.05, 4.69) is 35.8 Å². The second-order valence-electron chi connectivity index (χ2n) is 13.6. The maximum Gasteiger partial charge on any atom is 0.472 e. The Kier molecular flexibility index (Phi) is 35.9. The smallest absolute Gasteiger partial charge is 0.472 e. The molecular weight excluding hydrogens is 749 g/mol. The van der Waals surface area contributed by atoms with Gasteiger partial charge in [-0.2, -0.15) is 0 Å². The lowest BCUT2D eigenvalue weighted by atomic mass is 10.1. The van der Waals surface area contributed by atoms with Gasteiger partial charge < -0.3 is 30.3 Å². The summed E-state index contributed by atoms with van der Waals surface area (Å²) in [5.41, 5.74) is 5.32. The van der Waals surface area contributed by atoms with Crippen molar-refractivity contribution in [1.29, 1.82) is 0 Å². The number of phosphoric ester groups is 1. The van der Waals surface area contributed by atoms with Crippen LogP contribution < -0.4 is 5.73 Å². The number of nitrogens with two attached hydrogens (primary N) is 1. The molecule has 12 nitrogen and oxygen atoms in total. The second kappa shape index (κ2) is 38.2. The van der Waals surface area contributed by atoms with Crippen molar-refractivity contribution in [3.8, 4) is 0 Å². The Labute approximate surface area is 342 Å². The Bertz CT molecular complexity index is 1300. The molecule has 324 valence electrons. The third-order valence-corrected chi connectivity index (χ3v) is 9.15. The monoisotopic (exact) mass is 821 g/mol. The highest BCUT2D eigenvalue weighted by Gasteiger charge is 2.28. The number of unbranched alkanes of at least 4 members (excludes halogenated alkanes) is 9. The number of carbonyl (C=O) groups excluding carboxylic acids is 2. The SMILES string of the molecule is CC/C=C\C(O)C/C=C/C=C\C/C=C\C/C=C\CCCC(=O)O[C@H](COC(=O)CCCCCCC/C=C\C/C=C\CCCCC)COP(=O)(O)OC[C@H](N)C(=O)O. The molecule has 13 heteroatoms. The van der Waals surface area contributed by atoms with Crippen molar-refractivity contribution < 1.29 is 52.6 Å². The van der Waals surface area contributed by atoms with Gasteiger partial charge in [0.15, 0.2) is 6.10 Å². The zero-order chi connectivity index (χ0) is 42.2. The summed E-state index contributed by atoms with van der Waals surface area (Å²) in [5.74, 6) is -2.52. The van der Waals surface area contributed by atoms with Crippen LogP contribution in [-0.4, -0.2) is 71.1 Å². The van der Waals surface area contributed by atoms with E-state index in [1.165, 1.54) is 19.3 Å². The first kappa shape index (κ1) is 53.6. The van der Waals surface area contributed by atoms with Crippen molar-refractivity contribution in [3.63, 3.8) is 0 Å². The number of aliphatic hydroxyl groups excluding tert-OH is 1. The summed E-state index contributed by atoms with van der Waals surface area (Å²) in [4.78, 5) is 45.9. The van der Waals surface area contributed by atoms with E-state index >= 15 is 0 Å². The van der Waals surface area contributed by atoms with Gasteiger partial charge in [-0.05, 0) is 77.0 Å². The lowest BCUT2D eigenvalue weighted by Gasteiger charge is -2.20. The minimum Gasteiger partial charge on any atom is -0.480 e. The zero-order valence-corrected chi connectivity index (χ0v) is 35.4. The first-order valence-electron chi connectivity index (χ1n) is 20.7. The molecule has 0 saturated heterocycles. The predicted octanol–water partition coefficient (Wildman–Crippen LogP) is 9.69. The molecule has 0 aromatic rings. The number of carboxylic acids is 1. The number of carboxylic acid groups (broad SMARTS) is 1. The molecule has 0 spiro atoms. The van der Waals surface area contributed by atoms with E-state index in [0.717, 1.165) is 64.2 Å². The first-order chi connectivity index (χ1) is 27.5. The summed E-state index contributed by atoms with van der Waals surface area (Å²) in [6.07, 6.45) is 42.8. The normalized spacial score (nSPS) is 15.2. The van der Waals surface area contributed by atoms with Gasteiger partial charge in [-0.1, -0.05) is 131 Å². The topological polar surface area (TPSA) is 192 Å². The number of phosphoric acid groups is 1. The molecule has 0 heterocycles. The second-order valence-corrected chi connectivity index (χ2v) is 15.0. The molecule has 0 saturated carbocycles. The van der Waals surface area contributed by atoms with E-state index in [-0.39, 0.29) is 12.8 Å². The number of aliphatic carboxylic acids is 1. The quantitative estimate of drug-likeness (QED) is 0.0153. The highest BCUT2D eigenvalue weighted by molar-refractivity contribution is 7.47. The van der Waals surface area contributed by atoms with E-state index in [4.69, 9.17) is 24.8 Å². The van der Waals surface area contributed by atoms with E-state index in [0.29, 0.717) is 25.7 Å². The van der Waals surface area contributed by atoms with Gasteiger partial charge >= 0.3 is 25.7 Å². The summed E-state index contributed by atoms with van der Waals surface area (Å²) in [6.45, 7) is 2.43. The van der Waals surface area contributed by atoms with Gasteiger partial charge in [-0.15, -0.1) is 0 Å². The fraction of sp³-hybridized carbons (Fsp3) is 0.614. The van der Waals surface area contributed by atoms with Crippen molar-refractivity contribution in [2.75, 3.05) is 19.8 Å². The molecule has 0 amide bonds.